The van der Waals surface area contributed by atoms with Gasteiger partial charge in [0.05, 0.1) is 72.1 Å². The van der Waals surface area contributed by atoms with Crippen LogP contribution in [0.25, 0.3) is 10.9 Å². The lowest BCUT2D eigenvalue weighted by Gasteiger charge is -2.45. The number of aromatic amines is 1. The minimum atomic E-state index is -2.35. The molecule has 0 aliphatic carbocycles. The molecule has 1 aromatic heterocycles. The molecule has 0 radical (unpaired) electrons. The third-order valence-corrected chi connectivity index (χ3v) is 16.5. The number of aliphatic hydroxyl groups is 3. The highest BCUT2D eigenvalue weighted by Gasteiger charge is 2.57. The summed E-state index contributed by atoms with van der Waals surface area (Å²) < 4.78 is 27.3. The van der Waals surface area contributed by atoms with Crippen molar-refractivity contribution in [2.75, 3.05) is 38.5 Å². The van der Waals surface area contributed by atoms with Crippen molar-refractivity contribution in [1.82, 2.24) is 41.8 Å². The van der Waals surface area contributed by atoms with E-state index in [1.807, 2.05) is 0 Å². The number of rotatable bonds is 14. The predicted octanol–water partition coefficient (Wildman–Crippen LogP) is -0.838. The van der Waals surface area contributed by atoms with Crippen LogP contribution in [-0.2, 0) is 65.1 Å². The second-order valence-corrected chi connectivity index (χ2v) is 23.7. The van der Waals surface area contributed by atoms with Crippen molar-refractivity contribution < 1.29 is 76.9 Å². The summed E-state index contributed by atoms with van der Waals surface area (Å²) in [6.07, 6.45) is -5.03. The molecule has 25 nitrogen and oxygen atoms in total. The van der Waals surface area contributed by atoms with Crippen molar-refractivity contribution in [3.8, 4) is 5.75 Å². The molecule has 4 unspecified atom stereocenters. The molecule has 1 saturated heterocycles. The number of primary amides is 1. The van der Waals surface area contributed by atoms with Gasteiger partial charge < -0.3 is 67.4 Å². The van der Waals surface area contributed by atoms with Crippen molar-refractivity contribution in [1.29, 1.82) is 0 Å². The number of hydrogen-bond acceptors (Lipinski definition) is 17. The number of fused-ring (bicyclic) bond motifs is 7. The summed E-state index contributed by atoms with van der Waals surface area (Å²) in [5.41, 5.74) is 3.18. The molecule has 26 heteroatoms. The monoisotopic (exact) mass is 1130 g/mol. The van der Waals surface area contributed by atoms with E-state index in [0.29, 0.717) is 31.1 Å². The number of Topliss-reactive ketones (excluding diaryl/α,β-unsaturated/α-hetero) is 3. The van der Waals surface area contributed by atoms with E-state index in [2.05, 4.69) is 36.9 Å². The number of alkyl carbamates (subject to hydrolysis) is 1. The van der Waals surface area contributed by atoms with Crippen LogP contribution in [0.2, 0.25) is 0 Å². The average molecular weight is 1130 g/mol. The number of nitrogens with two attached hydrogens (primary N) is 1. The molecule has 5 heterocycles. The summed E-state index contributed by atoms with van der Waals surface area (Å²) in [6.45, 7) is 7.52. The van der Waals surface area contributed by atoms with Crippen LogP contribution in [0.4, 0.5) is 4.79 Å². The number of amides is 7. The topological polar surface area (TPSA) is 384 Å². The van der Waals surface area contributed by atoms with Crippen LogP contribution in [0, 0.1) is 23.7 Å². The number of aliphatic hydroxyl groups excluding tert-OH is 3. The largest absolute Gasteiger partial charge is 0.465 e. The van der Waals surface area contributed by atoms with Crippen LogP contribution in [0.1, 0.15) is 111 Å². The number of aromatic nitrogens is 1. The van der Waals surface area contributed by atoms with Crippen molar-refractivity contribution in [2.24, 2.45) is 29.4 Å². The van der Waals surface area contributed by atoms with Crippen molar-refractivity contribution in [3.05, 3.63) is 23.8 Å². The van der Waals surface area contributed by atoms with Crippen LogP contribution in [0.15, 0.2) is 23.2 Å². The van der Waals surface area contributed by atoms with E-state index < -0.39 is 192 Å². The molecular formula is C53H77N9O16S. The summed E-state index contributed by atoms with van der Waals surface area (Å²) in [5.74, 6) is -13.6. The molecule has 4 aliphatic heterocycles. The summed E-state index contributed by atoms with van der Waals surface area (Å²) >= 11 is 0. The van der Waals surface area contributed by atoms with Gasteiger partial charge in [0.1, 0.15) is 22.4 Å². The molecule has 79 heavy (non-hydrogen) atoms. The Hall–Kier alpha value is -6.35. The van der Waals surface area contributed by atoms with Gasteiger partial charge in [-0.2, -0.15) is 0 Å². The average Bonchev–Trinajstić information content (AvgIpc) is 4.24. The highest BCUT2D eigenvalue weighted by Crippen LogP contribution is 2.41. The molecule has 12 atom stereocenters. The Kier molecular flexibility index (Phi) is 20.9. The molecule has 7 amide bonds. The lowest BCUT2D eigenvalue weighted by Crippen LogP contribution is -2.65. The SMILES string of the molecule is CC[C@H](C)[C@@H]1NC(=O)CNC(=O)C2CC(=O)[C@H]([C@@H](C)[C@@H](O)CO)NC(=O)[C@@H]3CC(O)CN3C3(CCCCCCNC(=O)OC(C)(C)C)Oc4ccc5c(c([nH]c5c4)[S@](=O)CC(NC(=O)CNC1=O)C(=O)C[C@@H](CC(N)=O)C3=O)C2. The maximum absolute atomic E-state index is 16.1. The molecule has 0 saturated carbocycles. The maximum Gasteiger partial charge on any atom is 0.407 e. The molecule has 8 bridgehead atoms. The first-order valence-corrected chi connectivity index (χ1v) is 28.3. The van der Waals surface area contributed by atoms with Crippen LogP contribution in [0.3, 0.4) is 0 Å². The number of unbranched alkanes of at least 4 members (excludes halogenated alkanes) is 3. The number of hydrogen-bond donors (Lipinski definition) is 11. The fraction of sp³-hybridized carbons (Fsp3) is 0.660. The molecule has 12 N–H and O–H groups in total. The van der Waals surface area contributed by atoms with Gasteiger partial charge in [-0.3, -0.25) is 47.4 Å². The molecule has 4 aliphatic rings. The summed E-state index contributed by atoms with van der Waals surface area (Å²) in [4.78, 5) is 147. The van der Waals surface area contributed by atoms with Gasteiger partial charge in [0.2, 0.25) is 41.2 Å². The van der Waals surface area contributed by atoms with Gasteiger partial charge in [0.25, 0.3) is 0 Å². The third-order valence-electron chi connectivity index (χ3n) is 15.1. The van der Waals surface area contributed by atoms with Crippen LogP contribution < -0.4 is 42.4 Å². The summed E-state index contributed by atoms with van der Waals surface area (Å²) in [5, 5.41) is 48.7. The smallest absolute Gasteiger partial charge is 0.407 e. The van der Waals surface area contributed by atoms with Crippen LogP contribution >= 0.6 is 0 Å². The van der Waals surface area contributed by atoms with E-state index in [1.165, 1.54) is 24.0 Å². The van der Waals surface area contributed by atoms with E-state index in [0.717, 1.165) is 0 Å². The Morgan fingerprint density at radius 3 is 2.27 bits per heavy atom. The fourth-order valence-corrected chi connectivity index (χ4v) is 12.1. The number of ether oxygens (including phenoxy) is 2. The minimum Gasteiger partial charge on any atom is -0.465 e. The fourth-order valence-electron chi connectivity index (χ4n) is 10.7. The first kappa shape index (κ1) is 61.9. The molecule has 1 fully saturated rings. The number of H-pyrrole nitrogens is 1. The number of nitrogens with zero attached hydrogens (tertiary/aromatic N) is 1. The Bertz CT molecular complexity index is 2680. The van der Waals surface area contributed by atoms with Crippen molar-refractivity contribution in [3.63, 3.8) is 0 Å². The first-order chi connectivity index (χ1) is 37.2. The van der Waals surface area contributed by atoms with E-state index in [9.17, 15) is 53.7 Å². The number of ketones is 3. The second kappa shape index (κ2) is 26.7. The van der Waals surface area contributed by atoms with Crippen LogP contribution in [-0.4, -0.2) is 175 Å². The van der Waals surface area contributed by atoms with Crippen LogP contribution in [0.5, 0.6) is 5.75 Å². The van der Waals surface area contributed by atoms with E-state index >= 15 is 13.8 Å². The van der Waals surface area contributed by atoms with Gasteiger partial charge in [-0.1, -0.05) is 40.0 Å². The minimum absolute atomic E-state index is 0.0112. The Morgan fingerprint density at radius 2 is 1.59 bits per heavy atom. The third kappa shape index (κ3) is 15.5. The number of carbonyl (C=O) groups excluding carboxylic acids is 10. The normalized spacial score (nSPS) is 28.2. The van der Waals surface area contributed by atoms with E-state index in [-0.39, 0.29) is 54.1 Å². The van der Waals surface area contributed by atoms with Gasteiger partial charge in [-0.15, -0.1) is 0 Å². The zero-order chi connectivity index (χ0) is 58.1. The second-order valence-electron chi connectivity index (χ2n) is 22.2. The predicted molar refractivity (Wildman–Crippen MR) is 284 cm³/mol. The summed E-state index contributed by atoms with van der Waals surface area (Å²) in [6, 6.07) is -1.58. The zero-order valence-corrected chi connectivity index (χ0v) is 46.4. The first-order valence-electron chi connectivity index (χ1n) is 27.0. The van der Waals surface area contributed by atoms with Crippen molar-refractivity contribution >= 4 is 80.6 Å². The highest BCUT2D eigenvalue weighted by atomic mass is 32.2. The van der Waals surface area contributed by atoms with Gasteiger partial charge in [-0.05, 0) is 70.1 Å². The molecule has 6 rings (SSSR count). The standard InChI is InChI=1S/C53H77N9O16S/c1-7-27(2)44-49(74)57-22-42(69)58-36-26-79(76)50-34-16-30(47(72)56-23-43(70)60-44)18-39(66)45(28(3)40(67)25-63)61-48(73)37-20-31(64)24-62(37)53(46(71)29(17-38(36)65)19-41(54)68,77-32-12-13-33(34)35(21-32)59-50)14-10-8-9-11-15-55-51(75)78-52(4,5)6/h12-13,21,27-31,36-37,40,44-45,59,63-64,67H,7-11,14-20,22-26H2,1-6H3,(H2,54,68)(H,55,75)(H,56,72)(H,57,74)(H,58,69)(H,60,70)(H,61,73)/t27-,28-,29-,30?,31?,36?,37-,40-,44-,45-,53?,79+/m0/s1. The lowest BCUT2D eigenvalue weighted by atomic mass is 9.82. The zero-order valence-electron chi connectivity index (χ0n) is 45.6. The van der Waals surface area contributed by atoms with Crippen molar-refractivity contribution in [2.45, 2.75) is 165 Å². The molecule has 0 spiro atoms. The van der Waals surface area contributed by atoms with Gasteiger partial charge in [0.15, 0.2) is 17.3 Å². The highest BCUT2D eigenvalue weighted by molar-refractivity contribution is 7.85. The van der Waals surface area contributed by atoms with Gasteiger partial charge >= 0.3 is 6.09 Å². The Morgan fingerprint density at radius 1 is 0.911 bits per heavy atom. The lowest BCUT2D eigenvalue weighted by molar-refractivity contribution is -0.168. The number of carbonyl (C=O) groups is 10. The molecule has 1 aromatic carbocycles. The number of nitrogens with one attached hydrogen (secondary N) is 7. The van der Waals surface area contributed by atoms with Gasteiger partial charge in [-0.25, -0.2) is 9.69 Å². The number of benzene rings is 1. The van der Waals surface area contributed by atoms with E-state index in [4.69, 9.17) is 15.2 Å². The summed E-state index contributed by atoms with van der Waals surface area (Å²) in [7, 11) is -2.31. The maximum atomic E-state index is 16.1. The Labute approximate surface area is 460 Å². The van der Waals surface area contributed by atoms with E-state index in [1.54, 1.807) is 40.7 Å². The quantitative estimate of drug-likeness (QED) is 0.103. The Balaban J connectivity index is 1.60. The molecule has 436 valence electrons. The molecule has 2 aromatic rings. The van der Waals surface area contributed by atoms with Gasteiger partial charge in [0, 0.05) is 68.0 Å². The molecular weight excluding hydrogens is 1050 g/mol.